The summed E-state index contributed by atoms with van der Waals surface area (Å²) in [7, 11) is 0. The van der Waals surface area contributed by atoms with E-state index in [-0.39, 0.29) is 12.4 Å². The monoisotopic (exact) mass is 173 g/mol. The Morgan fingerprint density at radius 3 is 2.08 bits per heavy atom. The van der Waals surface area contributed by atoms with E-state index in [0.717, 1.165) is 0 Å². The van der Waals surface area contributed by atoms with Gasteiger partial charge in [-0.15, -0.1) is 0 Å². The highest BCUT2D eigenvalue weighted by Gasteiger charge is 2.10. The lowest BCUT2D eigenvalue weighted by molar-refractivity contribution is -0.120. The van der Waals surface area contributed by atoms with E-state index in [9.17, 15) is 9.59 Å². The predicted molar refractivity (Wildman–Crippen MR) is 45.0 cm³/mol. The largest absolute Gasteiger partial charge is 0.441 e. The van der Waals surface area contributed by atoms with Crippen molar-refractivity contribution in [3.05, 3.63) is 0 Å². The molecule has 4 nitrogen and oxygen atoms in total. The van der Waals surface area contributed by atoms with E-state index < -0.39 is 6.09 Å². The van der Waals surface area contributed by atoms with Gasteiger partial charge in [-0.3, -0.25) is 4.79 Å². The van der Waals surface area contributed by atoms with Crippen molar-refractivity contribution in [3.63, 3.8) is 0 Å². The summed E-state index contributed by atoms with van der Waals surface area (Å²) in [5, 5.41) is 0. The molecule has 0 rings (SSSR count). The number of carbonyl (C=O) groups excluding carboxylic acids is 2. The minimum absolute atomic E-state index is 0.130. The lowest BCUT2D eigenvalue weighted by atomic mass is 10.5. The molecule has 0 aliphatic heterocycles. The predicted octanol–water partition coefficient (Wildman–Crippen LogP) is 1.05. The second kappa shape index (κ2) is 5.57. The van der Waals surface area contributed by atoms with Crippen LogP contribution < -0.4 is 0 Å². The zero-order chi connectivity index (χ0) is 9.56. The van der Waals surface area contributed by atoms with Gasteiger partial charge in [0.25, 0.3) is 0 Å². The number of rotatable bonds is 4. The Balaban J connectivity index is 3.77. The number of carbonyl (C=O) groups is 2. The Kier molecular flexibility index (Phi) is 5.08. The van der Waals surface area contributed by atoms with E-state index in [4.69, 9.17) is 0 Å². The summed E-state index contributed by atoms with van der Waals surface area (Å²) >= 11 is 0. The average molecular weight is 173 g/mol. The molecular weight excluding hydrogens is 158 g/mol. The van der Waals surface area contributed by atoms with Gasteiger partial charge in [-0.05, 0) is 20.8 Å². The van der Waals surface area contributed by atoms with Gasteiger partial charge in [0.2, 0.25) is 0 Å². The minimum Gasteiger partial charge on any atom is -0.441 e. The number of ether oxygens (including phenoxy) is 1. The first kappa shape index (κ1) is 10.9. The van der Waals surface area contributed by atoms with Crippen molar-refractivity contribution in [1.29, 1.82) is 0 Å². The van der Waals surface area contributed by atoms with E-state index in [2.05, 4.69) is 4.74 Å². The SMILES string of the molecule is CCN(CC)C(=O)OCC(C)=O. The van der Waals surface area contributed by atoms with Gasteiger partial charge in [-0.2, -0.15) is 0 Å². The summed E-state index contributed by atoms with van der Waals surface area (Å²) in [5.74, 6) is -0.143. The molecule has 0 unspecified atom stereocenters. The molecule has 0 atom stereocenters. The van der Waals surface area contributed by atoms with Crippen LogP contribution in [0.1, 0.15) is 20.8 Å². The summed E-state index contributed by atoms with van der Waals surface area (Å²) in [4.78, 5) is 23.0. The van der Waals surface area contributed by atoms with E-state index in [1.54, 1.807) is 0 Å². The van der Waals surface area contributed by atoms with Crippen molar-refractivity contribution in [2.45, 2.75) is 20.8 Å². The van der Waals surface area contributed by atoms with Crippen LogP contribution in [0.25, 0.3) is 0 Å². The molecule has 0 aromatic heterocycles. The van der Waals surface area contributed by atoms with Crippen LogP contribution in [0.4, 0.5) is 4.79 Å². The molecule has 0 N–H and O–H groups in total. The molecule has 0 fully saturated rings. The van der Waals surface area contributed by atoms with Gasteiger partial charge >= 0.3 is 6.09 Å². The third kappa shape index (κ3) is 3.95. The van der Waals surface area contributed by atoms with Crippen LogP contribution in [0.5, 0.6) is 0 Å². The lowest BCUT2D eigenvalue weighted by Crippen LogP contribution is -2.32. The molecule has 0 radical (unpaired) electrons. The molecule has 70 valence electrons. The third-order valence-corrected chi connectivity index (χ3v) is 1.42. The molecule has 0 aromatic rings. The Morgan fingerprint density at radius 2 is 1.75 bits per heavy atom. The van der Waals surface area contributed by atoms with Crippen molar-refractivity contribution in [2.24, 2.45) is 0 Å². The molecule has 0 aliphatic rings. The Morgan fingerprint density at radius 1 is 1.25 bits per heavy atom. The van der Waals surface area contributed by atoms with Gasteiger partial charge in [-0.25, -0.2) is 4.79 Å². The summed E-state index contributed by atoms with van der Waals surface area (Å²) in [6.45, 7) is 6.18. The highest BCUT2D eigenvalue weighted by Crippen LogP contribution is 1.92. The molecular formula is C8H15NO3. The minimum atomic E-state index is -0.421. The number of ketones is 1. The van der Waals surface area contributed by atoms with Crippen LogP contribution in [0, 0.1) is 0 Å². The van der Waals surface area contributed by atoms with Crippen molar-refractivity contribution in [3.8, 4) is 0 Å². The Labute approximate surface area is 72.5 Å². The maximum Gasteiger partial charge on any atom is 0.410 e. The van der Waals surface area contributed by atoms with Crippen molar-refractivity contribution in [1.82, 2.24) is 4.90 Å². The molecule has 4 heteroatoms. The molecule has 12 heavy (non-hydrogen) atoms. The molecule has 0 saturated heterocycles. The van der Waals surface area contributed by atoms with Gasteiger partial charge in [0.1, 0.15) is 0 Å². The molecule has 1 amide bonds. The van der Waals surface area contributed by atoms with E-state index >= 15 is 0 Å². The van der Waals surface area contributed by atoms with E-state index in [1.807, 2.05) is 13.8 Å². The van der Waals surface area contributed by atoms with Crippen molar-refractivity contribution in [2.75, 3.05) is 19.7 Å². The first-order valence-electron chi connectivity index (χ1n) is 4.02. The topological polar surface area (TPSA) is 46.6 Å². The maximum atomic E-state index is 11.1. The highest BCUT2D eigenvalue weighted by atomic mass is 16.6. The van der Waals surface area contributed by atoms with Crippen LogP contribution in [-0.2, 0) is 9.53 Å². The molecule has 0 heterocycles. The molecule has 0 saturated carbocycles. The number of nitrogens with zero attached hydrogens (tertiary/aromatic N) is 1. The number of hydrogen-bond donors (Lipinski definition) is 0. The first-order chi connectivity index (χ1) is 5.61. The first-order valence-corrected chi connectivity index (χ1v) is 4.02. The number of amides is 1. The second-order valence-electron chi connectivity index (χ2n) is 2.43. The maximum absolute atomic E-state index is 11.1. The quantitative estimate of drug-likeness (QED) is 0.638. The molecule has 0 bridgehead atoms. The van der Waals surface area contributed by atoms with Gasteiger partial charge in [0.15, 0.2) is 12.4 Å². The fraction of sp³-hybridized carbons (Fsp3) is 0.750. The summed E-state index contributed by atoms with van der Waals surface area (Å²) < 4.78 is 4.68. The number of hydrogen-bond acceptors (Lipinski definition) is 3. The van der Waals surface area contributed by atoms with E-state index in [0.29, 0.717) is 13.1 Å². The van der Waals surface area contributed by atoms with E-state index in [1.165, 1.54) is 11.8 Å². The summed E-state index contributed by atoms with van der Waals surface area (Å²) in [5.41, 5.74) is 0. The van der Waals surface area contributed by atoms with Gasteiger partial charge in [-0.1, -0.05) is 0 Å². The van der Waals surface area contributed by atoms with Crippen LogP contribution in [0.15, 0.2) is 0 Å². The molecule has 0 aromatic carbocycles. The second-order valence-corrected chi connectivity index (χ2v) is 2.43. The number of Topliss-reactive ketones (excluding diaryl/α,β-unsaturated/α-hetero) is 1. The van der Waals surface area contributed by atoms with Crippen LogP contribution >= 0.6 is 0 Å². The third-order valence-electron chi connectivity index (χ3n) is 1.42. The Bertz CT molecular complexity index is 164. The molecule has 0 aliphatic carbocycles. The van der Waals surface area contributed by atoms with Gasteiger partial charge < -0.3 is 9.64 Å². The van der Waals surface area contributed by atoms with Gasteiger partial charge in [0, 0.05) is 13.1 Å². The van der Waals surface area contributed by atoms with Crippen LogP contribution in [0.2, 0.25) is 0 Å². The van der Waals surface area contributed by atoms with Crippen LogP contribution in [-0.4, -0.2) is 36.5 Å². The lowest BCUT2D eigenvalue weighted by Gasteiger charge is -2.17. The highest BCUT2D eigenvalue weighted by molar-refractivity contribution is 5.79. The zero-order valence-corrected chi connectivity index (χ0v) is 7.79. The standard InChI is InChI=1S/C8H15NO3/c1-4-9(5-2)8(11)12-6-7(3)10/h4-6H2,1-3H3. The van der Waals surface area contributed by atoms with Gasteiger partial charge in [0.05, 0.1) is 0 Å². The average Bonchev–Trinajstić information content (AvgIpc) is 2.03. The zero-order valence-electron chi connectivity index (χ0n) is 7.79. The van der Waals surface area contributed by atoms with Crippen molar-refractivity contribution >= 4 is 11.9 Å². The summed E-state index contributed by atoms with van der Waals surface area (Å²) in [6.07, 6.45) is -0.421. The summed E-state index contributed by atoms with van der Waals surface area (Å²) in [6, 6.07) is 0. The van der Waals surface area contributed by atoms with Crippen LogP contribution in [0.3, 0.4) is 0 Å². The Hall–Kier alpha value is -1.06. The van der Waals surface area contributed by atoms with Crippen molar-refractivity contribution < 1.29 is 14.3 Å². The fourth-order valence-electron chi connectivity index (χ4n) is 0.736. The molecule has 0 spiro atoms. The fourth-order valence-corrected chi connectivity index (χ4v) is 0.736. The normalized spacial score (nSPS) is 9.25. The smallest absolute Gasteiger partial charge is 0.410 e.